The number of nitrogens with two attached hydrogens (primary N) is 1. The average Bonchev–Trinajstić information content (AvgIpc) is 2.95. The highest BCUT2D eigenvalue weighted by Gasteiger charge is 2.24. The van der Waals surface area contributed by atoms with Crippen molar-refractivity contribution in [2.75, 3.05) is 6.54 Å². The Kier molecular flexibility index (Phi) is 6.75. The molecule has 2 heterocycles. The van der Waals surface area contributed by atoms with Gasteiger partial charge in [0, 0.05) is 17.8 Å². The summed E-state index contributed by atoms with van der Waals surface area (Å²) in [5.41, 5.74) is 8.31. The molecule has 24 heavy (non-hydrogen) atoms. The van der Waals surface area contributed by atoms with Crippen LogP contribution in [0.2, 0.25) is 0 Å². The molecule has 0 aliphatic heterocycles. The maximum Gasteiger partial charge on any atom is 0.259 e. The third-order valence-corrected chi connectivity index (χ3v) is 4.40. The van der Waals surface area contributed by atoms with E-state index < -0.39 is 0 Å². The lowest BCUT2D eigenvalue weighted by molar-refractivity contribution is 0.0943. The number of amides is 1. The molecule has 3 N–H and O–H groups in total. The lowest BCUT2D eigenvalue weighted by Crippen LogP contribution is -2.49. The second-order valence-corrected chi connectivity index (χ2v) is 6.47. The minimum Gasteiger partial charge on any atom is -0.350 e. The van der Waals surface area contributed by atoms with Gasteiger partial charge in [0.15, 0.2) is 0 Å². The van der Waals surface area contributed by atoms with E-state index in [0.717, 1.165) is 24.2 Å². The number of aryl methyl sites for hydroxylation is 1. The van der Waals surface area contributed by atoms with E-state index in [-0.39, 0.29) is 29.8 Å². The zero-order valence-corrected chi connectivity index (χ0v) is 15.8. The summed E-state index contributed by atoms with van der Waals surface area (Å²) in [4.78, 5) is 17.0. The van der Waals surface area contributed by atoms with Gasteiger partial charge in [0.2, 0.25) is 0 Å². The topological polar surface area (TPSA) is 94.0 Å². The zero-order chi connectivity index (χ0) is 17.2. The lowest BCUT2D eigenvalue weighted by atomic mass is 9.94. The molecule has 0 aliphatic rings. The van der Waals surface area contributed by atoms with Crippen molar-refractivity contribution in [3.63, 3.8) is 0 Å². The van der Waals surface area contributed by atoms with Crippen molar-refractivity contribution in [1.29, 1.82) is 0 Å². The summed E-state index contributed by atoms with van der Waals surface area (Å²) in [6, 6.07) is 1.77. The molecule has 0 spiro atoms. The van der Waals surface area contributed by atoms with Crippen molar-refractivity contribution in [3.05, 3.63) is 23.0 Å². The molecule has 0 saturated heterocycles. The fourth-order valence-corrected chi connectivity index (χ4v) is 2.52. The number of fused-ring (bicyclic) bond motifs is 1. The predicted molar refractivity (Wildman–Crippen MR) is 97.7 cm³/mol. The van der Waals surface area contributed by atoms with Gasteiger partial charge in [-0.05, 0) is 31.7 Å². The van der Waals surface area contributed by atoms with Gasteiger partial charge >= 0.3 is 0 Å². The molecule has 6 nitrogen and oxygen atoms in total. The monoisotopic (exact) mass is 354 g/mol. The van der Waals surface area contributed by atoms with Gasteiger partial charge in [0.25, 0.3) is 11.6 Å². The molecule has 0 saturated carbocycles. The standard InChI is InChI=1S/C17H26N4O2.ClH/c1-6-17(18,7-2)9-19-15(22)12-8-11(5)20-16-13(12)14(10(3)4)21-23-16;/h8,10H,6-7,9,18H2,1-5H3,(H,19,22);1H. The Morgan fingerprint density at radius 1 is 1.38 bits per heavy atom. The van der Waals surface area contributed by atoms with Crippen LogP contribution in [0.1, 0.15) is 68.2 Å². The average molecular weight is 355 g/mol. The van der Waals surface area contributed by atoms with Crippen LogP contribution in [0.25, 0.3) is 11.1 Å². The molecule has 1 amide bonds. The number of pyridine rings is 1. The zero-order valence-electron chi connectivity index (χ0n) is 15.0. The Labute approximate surface area is 149 Å². The minimum atomic E-state index is -0.383. The number of carbonyl (C=O) groups excluding carboxylic acids is 1. The molecule has 0 radical (unpaired) electrons. The quantitative estimate of drug-likeness (QED) is 0.829. The van der Waals surface area contributed by atoms with E-state index in [1.165, 1.54) is 0 Å². The van der Waals surface area contributed by atoms with E-state index >= 15 is 0 Å². The van der Waals surface area contributed by atoms with Gasteiger partial charge < -0.3 is 15.6 Å². The Morgan fingerprint density at radius 3 is 2.54 bits per heavy atom. The number of carbonyl (C=O) groups is 1. The van der Waals surface area contributed by atoms with Crippen molar-refractivity contribution in [1.82, 2.24) is 15.5 Å². The molecule has 134 valence electrons. The predicted octanol–water partition coefficient (Wildman–Crippen LogP) is 3.32. The summed E-state index contributed by atoms with van der Waals surface area (Å²) in [6.07, 6.45) is 1.61. The fourth-order valence-electron chi connectivity index (χ4n) is 2.52. The Balaban J connectivity index is 0.00000288. The van der Waals surface area contributed by atoms with Gasteiger partial charge in [0.05, 0.1) is 16.6 Å². The third-order valence-electron chi connectivity index (χ3n) is 4.40. The maximum atomic E-state index is 12.7. The minimum absolute atomic E-state index is 0. The first kappa shape index (κ1) is 20.4. The summed E-state index contributed by atoms with van der Waals surface area (Å²) < 4.78 is 5.30. The van der Waals surface area contributed by atoms with Crippen LogP contribution in [-0.4, -0.2) is 28.1 Å². The molecule has 0 atom stereocenters. The van der Waals surface area contributed by atoms with Crippen molar-refractivity contribution < 1.29 is 9.32 Å². The summed E-state index contributed by atoms with van der Waals surface area (Å²) in [6.45, 7) is 10.3. The van der Waals surface area contributed by atoms with Crippen LogP contribution in [0, 0.1) is 6.92 Å². The van der Waals surface area contributed by atoms with E-state index in [4.69, 9.17) is 10.3 Å². The summed E-state index contributed by atoms with van der Waals surface area (Å²) >= 11 is 0. The fraction of sp³-hybridized carbons (Fsp3) is 0.588. The number of aromatic nitrogens is 2. The third kappa shape index (κ3) is 4.05. The molecule has 2 rings (SSSR count). The van der Waals surface area contributed by atoms with E-state index in [2.05, 4.69) is 15.5 Å². The molecule has 0 aliphatic carbocycles. The van der Waals surface area contributed by atoms with Crippen LogP contribution in [0.3, 0.4) is 0 Å². The highest BCUT2D eigenvalue weighted by molar-refractivity contribution is 6.06. The van der Waals surface area contributed by atoms with Gasteiger partial charge in [-0.3, -0.25) is 4.79 Å². The number of nitrogens with zero attached hydrogens (tertiary/aromatic N) is 2. The highest BCUT2D eigenvalue weighted by Crippen LogP contribution is 2.27. The first-order valence-electron chi connectivity index (χ1n) is 8.15. The maximum absolute atomic E-state index is 12.7. The SMILES string of the molecule is CCC(N)(CC)CNC(=O)c1cc(C)nc2onc(C(C)C)c12.Cl. The number of hydrogen-bond donors (Lipinski definition) is 2. The van der Waals surface area contributed by atoms with Crippen LogP contribution < -0.4 is 11.1 Å². The molecular formula is C17H27ClN4O2. The molecular weight excluding hydrogens is 328 g/mol. The van der Waals surface area contributed by atoms with Crippen molar-refractivity contribution in [2.45, 2.75) is 58.9 Å². The van der Waals surface area contributed by atoms with Gasteiger partial charge in [0.1, 0.15) is 0 Å². The first-order valence-corrected chi connectivity index (χ1v) is 8.15. The Hall–Kier alpha value is -1.66. The van der Waals surface area contributed by atoms with Crippen LogP contribution in [0.5, 0.6) is 0 Å². The lowest BCUT2D eigenvalue weighted by Gasteiger charge is -2.26. The molecule has 2 aromatic rings. The molecule has 2 aromatic heterocycles. The van der Waals surface area contributed by atoms with Gasteiger partial charge in [-0.15, -0.1) is 12.4 Å². The number of nitrogens with one attached hydrogen (secondary N) is 1. The summed E-state index contributed by atoms with van der Waals surface area (Å²) in [7, 11) is 0. The van der Waals surface area contributed by atoms with Crippen LogP contribution in [0.15, 0.2) is 10.6 Å². The van der Waals surface area contributed by atoms with Crippen LogP contribution >= 0.6 is 12.4 Å². The Morgan fingerprint density at radius 2 is 2.00 bits per heavy atom. The molecule has 0 bridgehead atoms. The van der Waals surface area contributed by atoms with E-state index in [9.17, 15) is 4.79 Å². The largest absolute Gasteiger partial charge is 0.350 e. The molecule has 0 unspecified atom stereocenters. The summed E-state index contributed by atoms with van der Waals surface area (Å²) in [5.74, 6) is -0.0190. The van der Waals surface area contributed by atoms with Gasteiger partial charge in [-0.1, -0.05) is 32.9 Å². The number of rotatable bonds is 6. The van der Waals surface area contributed by atoms with Crippen molar-refractivity contribution >= 4 is 29.4 Å². The molecule has 0 fully saturated rings. The van der Waals surface area contributed by atoms with Gasteiger partial charge in [-0.2, -0.15) is 0 Å². The normalized spacial score (nSPS) is 11.6. The van der Waals surface area contributed by atoms with Crippen LogP contribution in [-0.2, 0) is 0 Å². The second kappa shape index (κ2) is 7.94. The number of hydrogen-bond acceptors (Lipinski definition) is 5. The van der Waals surface area contributed by atoms with E-state index in [1.54, 1.807) is 6.07 Å². The molecule has 7 heteroatoms. The highest BCUT2D eigenvalue weighted by atomic mass is 35.5. The van der Waals surface area contributed by atoms with Gasteiger partial charge in [-0.25, -0.2) is 4.98 Å². The van der Waals surface area contributed by atoms with Crippen molar-refractivity contribution in [2.24, 2.45) is 5.73 Å². The first-order chi connectivity index (χ1) is 10.8. The Bertz CT molecular complexity index is 708. The summed E-state index contributed by atoms with van der Waals surface area (Å²) in [5, 5.41) is 7.73. The second-order valence-electron chi connectivity index (χ2n) is 6.47. The smallest absolute Gasteiger partial charge is 0.259 e. The molecule has 0 aromatic carbocycles. The van der Waals surface area contributed by atoms with E-state index in [0.29, 0.717) is 23.2 Å². The van der Waals surface area contributed by atoms with Crippen LogP contribution in [0.4, 0.5) is 0 Å². The van der Waals surface area contributed by atoms with E-state index in [1.807, 2.05) is 34.6 Å². The van der Waals surface area contributed by atoms with Crippen molar-refractivity contribution in [3.8, 4) is 0 Å². The number of halogens is 1.